The average molecular weight is 262 g/mol. The lowest BCUT2D eigenvalue weighted by Gasteiger charge is -2.08. The van der Waals surface area contributed by atoms with Crippen molar-refractivity contribution in [1.29, 1.82) is 0 Å². The third-order valence-corrected chi connectivity index (χ3v) is 2.67. The lowest BCUT2D eigenvalue weighted by molar-refractivity contribution is 0.249. The SMILES string of the molecule is NC(=O)NCCNCc1c(Cl)cccc1Cl. The van der Waals surface area contributed by atoms with Crippen LogP contribution in [0.25, 0.3) is 0 Å². The summed E-state index contributed by atoms with van der Waals surface area (Å²) in [5, 5.41) is 6.83. The second-order valence-electron chi connectivity index (χ2n) is 3.17. The Morgan fingerprint density at radius 1 is 1.25 bits per heavy atom. The largest absolute Gasteiger partial charge is 0.352 e. The van der Waals surface area contributed by atoms with Crippen LogP contribution in [-0.2, 0) is 6.54 Å². The van der Waals surface area contributed by atoms with Crippen LogP contribution in [0.2, 0.25) is 10.0 Å². The van der Waals surface area contributed by atoms with E-state index >= 15 is 0 Å². The number of hydrogen-bond donors (Lipinski definition) is 3. The van der Waals surface area contributed by atoms with Gasteiger partial charge in [-0.1, -0.05) is 29.3 Å². The first-order chi connectivity index (χ1) is 7.61. The van der Waals surface area contributed by atoms with Crippen LogP contribution in [0.1, 0.15) is 5.56 Å². The number of carbonyl (C=O) groups is 1. The molecule has 0 spiro atoms. The van der Waals surface area contributed by atoms with Crippen LogP contribution in [0.3, 0.4) is 0 Å². The van der Waals surface area contributed by atoms with Gasteiger partial charge in [0.2, 0.25) is 0 Å². The fourth-order valence-corrected chi connectivity index (χ4v) is 1.72. The number of benzene rings is 1. The highest BCUT2D eigenvalue weighted by molar-refractivity contribution is 6.35. The van der Waals surface area contributed by atoms with Crippen molar-refractivity contribution < 1.29 is 4.79 Å². The van der Waals surface area contributed by atoms with Gasteiger partial charge >= 0.3 is 6.03 Å². The van der Waals surface area contributed by atoms with Crippen LogP contribution in [0.4, 0.5) is 4.79 Å². The van der Waals surface area contributed by atoms with Gasteiger partial charge in [-0.15, -0.1) is 0 Å². The Bertz CT molecular complexity index is 351. The Hall–Kier alpha value is -0.970. The summed E-state index contributed by atoms with van der Waals surface area (Å²) in [6.45, 7) is 1.63. The lowest BCUT2D eigenvalue weighted by Crippen LogP contribution is -2.35. The fraction of sp³-hybridized carbons (Fsp3) is 0.300. The minimum atomic E-state index is -0.530. The third kappa shape index (κ3) is 4.26. The van der Waals surface area contributed by atoms with E-state index in [1.807, 2.05) is 0 Å². The van der Waals surface area contributed by atoms with Crippen LogP contribution in [0.15, 0.2) is 18.2 Å². The number of amides is 2. The zero-order chi connectivity index (χ0) is 12.0. The normalized spacial score (nSPS) is 10.1. The molecule has 1 aromatic rings. The number of carbonyl (C=O) groups excluding carboxylic acids is 1. The molecule has 0 aliphatic heterocycles. The Balaban J connectivity index is 2.34. The van der Waals surface area contributed by atoms with Gasteiger partial charge in [0.15, 0.2) is 0 Å². The molecule has 0 atom stereocenters. The first kappa shape index (κ1) is 13.1. The van der Waals surface area contributed by atoms with Crippen molar-refractivity contribution in [1.82, 2.24) is 10.6 Å². The number of urea groups is 1. The summed E-state index contributed by atoms with van der Waals surface area (Å²) in [4.78, 5) is 10.4. The maximum atomic E-state index is 10.4. The van der Waals surface area contributed by atoms with Gasteiger partial charge < -0.3 is 16.4 Å². The smallest absolute Gasteiger partial charge is 0.312 e. The quantitative estimate of drug-likeness (QED) is 0.708. The molecular weight excluding hydrogens is 249 g/mol. The number of nitrogens with two attached hydrogens (primary N) is 1. The van der Waals surface area contributed by atoms with E-state index in [1.165, 1.54) is 0 Å². The van der Waals surface area contributed by atoms with E-state index in [0.717, 1.165) is 5.56 Å². The van der Waals surface area contributed by atoms with Crippen LogP contribution in [-0.4, -0.2) is 19.1 Å². The van der Waals surface area contributed by atoms with Crippen molar-refractivity contribution in [3.05, 3.63) is 33.8 Å². The van der Waals surface area contributed by atoms with Gasteiger partial charge in [-0.3, -0.25) is 0 Å². The molecule has 1 aromatic carbocycles. The molecule has 0 saturated heterocycles. The predicted molar refractivity (Wildman–Crippen MR) is 65.8 cm³/mol. The standard InChI is InChI=1S/C10H13Cl2N3O/c11-8-2-1-3-9(12)7(8)6-14-4-5-15-10(13)16/h1-3,14H,4-6H2,(H3,13,15,16). The number of rotatable bonds is 5. The summed E-state index contributed by atoms with van der Waals surface area (Å²) in [7, 11) is 0. The molecule has 0 heterocycles. The highest BCUT2D eigenvalue weighted by Crippen LogP contribution is 2.23. The van der Waals surface area contributed by atoms with E-state index in [0.29, 0.717) is 29.7 Å². The van der Waals surface area contributed by atoms with Crippen molar-refractivity contribution in [2.45, 2.75) is 6.54 Å². The van der Waals surface area contributed by atoms with Gasteiger partial charge in [0.05, 0.1) is 0 Å². The van der Waals surface area contributed by atoms with Gasteiger partial charge in [0.1, 0.15) is 0 Å². The van der Waals surface area contributed by atoms with Crippen LogP contribution < -0.4 is 16.4 Å². The minimum Gasteiger partial charge on any atom is -0.352 e. The molecule has 0 aliphatic rings. The third-order valence-electron chi connectivity index (χ3n) is 1.96. The summed E-state index contributed by atoms with van der Waals surface area (Å²) in [6, 6.07) is 4.83. The molecule has 0 unspecified atom stereocenters. The van der Waals surface area contributed by atoms with Gasteiger partial charge in [0.25, 0.3) is 0 Å². The maximum absolute atomic E-state index is 10.4. The van der Waals surface area contributed by atoms with Crippen LogP contribution in [0.5, 0.6) is 0 Å². The fourth-order valence-electron chi connectivity index (χ4n) is 1.19. The molecule has 4 N–H and O–H groups in total. The van der Waals surface area contributed by atoms with Crippen molar-refractivity contribution in [3.63, 3.8) is 0 Å². The lowest BCUT2D eigenvalue weighted by atomic mass is 10.2. The number of halogens is 2. The molecule has 88 valence electrons. The first-order valence-corrected chi connectivity index (χ1v) is 5.53. The molecule has 0 aromatic heterocycles. The summed E-state index contributed by atoms with van der Waals surface area (Å²) < 4.78 is 0. The van der Waals surface area contributed by atoms with E-state index in [2.05, 4.69) is 10.6 Å². The van der Waals surface area contributed by atoms with Crippen LogP contribution >= 0.6 is 23.2 Å². The summed E-state index contributed by atoms with van der Waals surface area (Å²) in [5.74, 6) is 0. The minimum absolute atomic E-state index is 0.470. The Labute approximate surface area is 104 Å². The maximum Gasteiger partial charge on any atom is 0.312 e. The Morgan fingerprint density at radius 2 is 1.88 bits per heavy atom. The molecule has 1 rings (SSSR count). The molecule has 0 fully saturated rings. The topological polar surface area (TPSA) is 67.2 Å². The monoisotopic (exact) mass is 261 g/mol. The van der Waals surface area contributed by atoms with Gasteiger partial charge in [-0.25, -0.2) is 4.79 Å². The Kier molecular flexibility index (Phi) is 5.38. The van der Waals surface area contributed by atoms with E-state index in [-0.39, 0.29) is 0 Å². The Morgan fingerprint density at radius 3 is 2.44 bits per heavy atom. The van der Waals surface area contributed by atoms with E-state index in [1.54, 1.807) is 18.2 Å². The van der Waals surface area contributed by atoms with Crippen molar-refractivity contribution in [2.24, 2.45) is 5.73 Å². The first-order valence-electron chi connectivity index (χ1n) is 4.78. The predicted octanol–water partition coefficient (Wildman–Crippen LogP) is 1.75. The van der Waals surface area contributed by atoms with Crippen LogP contribution in [0, 0.1) is 0 Å². The van der Waals surface area contributed by atoms with Crippen molar-refractivity contribution in [3.8, 4) is 0 Å². The number of hydrogen-bond acceptors (Lipinski definition) is 2. The number of nitrogens with one attached hydrogen (secondary N) is 2. The summed E-state index contributed by atoms with van der Waals surface area (Å²) in [5.41, 5.74) is 5.77. The van der Waals surface area contributed by atoms with E-state index in [9.17, 15) is 4.79 Å². The molecular formula is C10H13Cl2N3O. The molecule has 0 radical (unpaired) electrons. The zero-order valence-corrected chi connectivity index (χ0v) is 10.1. The average Bonchev–Trinajstić information content (AvgIpc) is 2.21. The molecule has 6 heteroatoms. The highest BCUT2D eigenvalue weighted by atomic mass is 35.5. The molecule has 16 heavy (non-hydrogen) atoms. The van der Waals surface area contributed by atoms with Crippen molar-refractivity contribution in [2.75, 3.05) is 13.1 Å². The molecule has 0 saturated carbocycles. The van der Waals surface area contributed by atoms with Gasteiger partial charge in [0, 0.05) is 35.2 Å². The van der Waals surface area contributed by atoms with E-state index in [4.69, 9.17) is 28.9 Å². The molecule has 0 aliphatic carbocycles. The second-order valence-corrected chi connectivity index (χ2v) is 3.98. The van der Waals surface area contributed by atoms with Crippen molar-refractivity contribution >= 4 is 29.2 Å². The molecule has 4 nitrogen and oxygen atoms in total. The summed E-state index contributed by atoms with van der Waals surface area (Å²) >= 11 is 12.0. The number of primary amides is 1. The highest BCUT2D eigenvalue weighted by Gasteiger charge is 2.04. The molecule has 0 bridgehead atoms. The van der Waals surface area contributed by atoms with Gasteiger partial charge in [-0.2, -0.15) is 0 Å². The summed E-state index contributed by atoms with van der Waals surface area (Å²) in [6.07, 6.45) is 0. The second kappa shape index (κ2) is 6.58. The zero-order valence-electron chi connectivity index (χ0n) is 8.59. The van der Waals surface area contributed by atoms with Gasteiger partial charge in [-0.05, 0) is 12.1 Å². The van der Waals surface area contributed by atoms with E-state index < -0.39 is 6.03 Å². The molecule has 2 amide bonds.